The average Bonchev–Trinajstić information content (AvgIpc) is 3.26. The normalized spacial score (nSPS) is 16.5. The number of piperidine rings is 1. The maximum absolute atomic E-state index is 14.6. The van der Waals surface area contributed by atoms with Gasteiger partial charge in [-0.1, -0.05) is 18.7 Å². The minimum absolute atomic E-state index is 0.0367. The molecule has 3 aromatic rings. The highest BCUT2D eigenvalue weighted by Crippen LogP contribution is 2.32. The Bertz CT molecular complexity index is 1220. The van der Waals surface area contributed by atoms with Gasteiger partial charge in [-0.05, 0) is 30.5 Å². The van der Waals surface area contributed by atoms with E-state index in [2.05, 4.69) is 21.4 Å². The van der Waals surface area contributed by atoms with Crippen LogP contribution in [0.15, 0.2) is 61.3 Å². The fourth-order valence-corrected chi connectivity index (χ4v) is 4.36. The van der Waals surface area contributed by atoms with Crippen LogP contribution < -0.4 is 16.6 Å². The minimum Gasteiger partial charge on any atom is -0.403 e. The summed E-state index contributed by atoms with van der Waals surface area (Å²) in [4.78, 5) is 22.1. The zero-order valence-corrected chi connectivity index (χ0v) is 18.1. The van der Waals surface area contributed by atoms with E-state index in [1.165, 1.54) is 24.7 Å². The van der Waals surface area contributed by atoms with Crippen LogP contribution in [0, 0.1) is 11.6 Å². The summed E-state index contributed by atoms with van der Waals surface area (Å²) in [5.74, 6) is 5.13. The van der Waals surface area contributed by atoms with Crippen LogP contribution in [0.1, 0.15) is 41.1 Å². The van der Waals surface area contributed by atoms with Crippen molar-refractivity contribution in [2.24, 2.45) is 11.6 Å². The molecule has 33 heavy (non-hydrogen) atoms. The van der Waals surface area contributed by atoms with Gasteiger partial charge in [0, 0.05) is 48.9 Å². The van der Waals surface area contributed by atoms with Crippen LogP contribution >= 0.6 is 0 Å². The third kappa shape index (κ3) is 4.58. The molecule has 1 aromatic carbocycles. The number of fused-ring (bicyclic) bond motifs is 1. The third-order valence-corrected chi connectivity index (χ3v) is 5.99. The second-order valence-electron chi connectivity index (χ2n) is 8.14. The SMILES string of the molecule is C=C(CC(=O)c1c[nH]c2c(N(N)/C=C\N)ncc(F)c12)N1CCCC(c2cccc(F)c2)C1. The number of halogens is 2. The number of anilines is 1. The van der Waals surface area contributed by atoms with E-state index in [-0.39, 0.29) is 40.7 Å². The first-order valence-electron chi connectivity index (χ1n) is 10.7. The Morgan fingerprint density at radius 2 is 2.21 bits per heavy atom. The monoisotopic (exact) mass is 452 g/mol. The summed E-state index contributed by atoms with van der Waals surface area (Å²) in [6, 6.07) is 6.62. The van der Waals surface area contributed by atoms with Crippen LogP contribution in [-0.2, 0) is 0 Å². The zero-order chi connectivity index (χ0) is 23.5. The summed E-state index contributed by atoms with van der Waals surface area (Å²) in [5.41, 5.74) is 7.47. The van der Waals surface area contributed by atoms with Crippen molar-refractivity contribution in [3.8, 4) is 0 Å². The second-order valence-corrected chi connectivity index (χ2v) is 8.14. The Morgan fingerprint density at radius 3 is 2.97 bits per heavy atom. The number of nitrogens with two attached hydrogens (primary N) is 2. The molecule has 0 aliphatic carbocycles. The van der Waals surface area contributed by atoms with Crippen molar-refractivity contribution >= 4 is 22.5 Å². The molecule has 172 valence electrons. The molecule has 0 bridgehead atoms. The summed E-state index contributed by atoms with van der Waals surface area (Å²) in [6.07, 6.45) is 6.97. The topological polar surface area (TPSA) is 104 Å². The average molecular weight is 453 g/mol. The molecule has 1 saturated heterocycles. The quantitative estimate of drug-likeness (QED) is 0.285. The number of pyridine rings is 1. The van der Waals surface area contributed by atoms with Crippen molar-refractivity contribution in [1.82, 2.24) is 14.9 Å². The van der Waals surface area contributed by atoms with Gasteiger partial charge in [0.2, 0.25) is 0 Å². The van der Waals surface area contributed by atoms with Gasteiger partial charge in [0.25, 0.3) is 0 Å². The number of H-pyrrole nitrogens is 1. The molecule has 9 heteroatoms. The molecule has 4 rings (SSSR count). The number of aromatic nitrogens is 2. The lowest BCUT2D eigenvalue weighted by Gasteiger charge is -2.35. The van der Waals surface area contributed by atoms with Gasteiger partial charge in [0.05, 0.1) is 23.5 Å². The van der Waals surface area contributed by atoms with E-state index in [9.17, 15) is 13.6 Å². The number of nitrogens with one attached hydrogen (secondary N) is 1. The Morgan fingerprint density at radius 1 is 1.39 bits per heavy atom. The molecule has 0 saturated carbocycles. The Kier molecular flexibility index (Phi) is 6.41. The van der Waals surface area contributed by atoms with Gasteiger partial charge in [0.15, 0.2) is 17.4 Å². The Balaban J connectivity index is 1.52. The first kappa shape index (κ1) is 22.5. The van der Waals surface area contributed by atoms with Crippen molar-refractivity contribution in [3.05, 3.63) is 84.1 Å². The summed E-state index contributed by atoms with van der Waals surface area (Å²) >= 11 is 0. The number of benzene rings is 1. The number of allylic oxidation sites excluding steroid dienone is 1. The van der Waals surface area contributed by atoms with Crippen LogP contribution in [0.3, 0.4) is 0 Å². The number of hydrazine groups is 1. The highest BCUT2D eigenvalue weighted by atomic mass is 19.1. The largest absolute Gasteiger partial charge is 0.403 e. The lowest BCUT2D eigenvalue weighted by atomic mass is 9.90. The van der Waals surface area contributed by atoms with Crippen LogP contribution in [-0.4, -0.2) is 33.7 Å². The number of rotatable bonds is 7. The number of aromatic amines is 1. The molecule has 7 nitrogen and oxygen atoms in total. The predicted octanol–water partition coefficient (Wildman–Crippen LogP) is 3.92. The van der Waals surface area contributed by atoms with E-state index in [0.717, 1.165) is 36.2 Å². The van der Waals surface area contributed by atoms with Gasteiger partial charge in [0.1, 0.15) is 5.82 Å². The summed E-state index contributed by atoms with van der Waals surface area (Å²) in [6.45, 7) is 5.53. The molecule has 1 unspecified atom stereocenters. The van der Waals surface area contributed by atoms with Crippen molar-refractivity contribution in [2.45, 2.75) is 25.2 Å². The van der Waals surface area contributed by atoms with Gasteiger partial charge in [-0.25, -0.2) is 19.6 Å². The number of hydrogen-bond acceptors (Lipinski definition) is 6. The van der Waals surface area contributed by atoms with Crippen molar-refractivity contribution in [2.75, 3.05) is 18.1 Å². The first-order valence-corrected chi connectivity index (χ1v) is 10.7. The molecular formula is C24H26F2N6O. The first-order chi connectivity index (χ1) is 15.9. The van der Waals surface area contributed by atoms with Crippen molar-refractivity contribution < 1.29 is 13.6 Å². The van der Waals surface area contributed by atoms with Gasteiger partial charge in [-0.2, -0.15) is 0 Å². The maximum Gasteiger partial charge on any atom is 0.171 e. The van der Waals surface area contributed by atoms with Crippen molar-refractivity contribution in [3.63, 3.8) is 0 Å². The number of hydrogen-bond donors (Lipinski definition) is 3. The van der Waals surface area contributed by atoms with E-state index >= 15 is 0 Å². The zero-order valence-electron chi connectivity index (χ0n) is 18.1. The van der Waals surface area contributed by atoms with Gasteiger partial charge < -0.3 is 15.6 Å². The Labute approximate surface area is 190 Å². The smallest absolute Gasteiger partial charge is 0.171 e. The number of nitrogens with zero attached hydrogens (tertiary/aromatic N) is 3. The van der Waals surface area contributed by atoms with E-state index in [1.807, 2.05) is 6.07 Å². The molecule has 3 heterocycles. The molecule has 0 spiro atoms. The van der Waals surface area contributed by atoms with Gasteiger partial charge in [-0.3, -0.25) is 9.80 Å². The van der Waals surface area contributed by atoms with Crippen molar-refractivity contribution in [1.29, 1.82) is 0 Å². The van der Waals surface area contributed by atoms with Crippen LogP contribution in [0.2, 0.25) is 0 Å². The fraction of sp³-hybridized carbons (Fsp3) is 0.250. The molecule has 0 radical (unpaired) electrons. The lowest BCUT2D eigenvalue weighted by molar-refractivity contribution is 0.0981. The second kappa shape index (κ2) is 9.41. The summed E-state index contributed by atoms with van der Waals surface area (Å²) in [7, 11) is 0. The molecule has 1 aliphatic heterocycles. The van der Waals surface area contributed by atoms with Crippen LogP contribution in [0.25, 0.3) is 10.9 Å². The predicted molar refractivity (Wildman–Crippen MR) is 124 cm³/mol. The third-order valence-electron chi connectivity index (χ3n) is 5.99. The fourth-order valence-electron chi connectivity index (χ4n) is 4.36. The molecule has 5 N–H and O–H groups in total. The summed E-state index contributed by atoms with van der Waals surface area (Å²) < 4.78 is 28.3. The molecule has 1 aliphatic rings. The van der Waals surface area contributed by atoms with E-state index in [0.29, 0.717) is 17.8 Å². The van der Waals surface area contributed by atoms with Gasteiger partial charge >= 0.3 is 0 Å². The highest BCUT2D eigenvalue weighted by Gasteiger charge is 2.25. The molecule has 2 aromatic heterocycles. The van der Waals surface area contributed by atoms with Gasteiger partial charge in [-0.15, -0.1) is 0 Å². The number of likely N-dealkylation sites (tertiary alicyclic amines) is 1. The molecule has 1 atom stereocenters. The summed E-state index contributed by atoms with van der Waals surface area (Å²) in [5, 5.41) is 1.26. The van der Waals surface area contributed by atoms with Crippen LogP contribution in [0.5, 0.6) is 0 Å². The molecular weight excluding hydrogens is 426 g/mol. The highest BCUT2D eigenvalue weighted by molar-refractivity contribution is 6.10. The standard InChI is InChI=1S/C24H26F2N6O/c1-15(31-8-3-5-17(14-31)16-4-2-6-18(25)11-16)10-21(33)19-12-29-23-22(19)20(26)13-30-24(23)32(28)9-7-27/h2,4,6-7,9,11-13,17,29H,1,3,5,8,10,14,27-28H2/b9-7-. The number of Topliss-reactive ketones (excluding diaryl/α,β-unsaturated/α-hetero) is 1. The maximum atomic E-state index is 14.6. The molecule has 0 amide bonds. The molecule has 1 fully saturated rings. The lowest BCUT2D eigenvalue weighted by Crippen LogP contribution is -2.34. The number of carbonyl (C=O) groups is 1. The van der Waals surface area contributed by atoms with Crippen LogP contribution in [0.4, 0.5) is 14.6 Å². The van der Waals surface area contributed by atoms with E-state index < -0.39 is 5.82 Å². The number of carbonyl (C=O) groups excluding carboxylic acids is 1. The number of ketones is 1. The minimum atomic E-state index is -0.627. The van der Waals surface area contributed by atoms with E-state index in [1.54, 1.807) is 12.1 Å². The Hall–Kier alpha value is -3.72. The van der Waals surface area contributed by atoms with E-state index in [4.69, 9.17) is 11.6 Å².